The first-order valence-corrected chi connectivity index (χ1v) is 14.9. The van der Waals surface area contributed by atoms with Crippen LogP contribution in [0.25, 0.3) is 0 Å². The van der Waals surface area contributed by atoms with Crippen LogP contribution in [-0.2, 0) is 11.2 Å². The zero-order chi connectivity index (χ0) is 30.0. The third-order valence-corrected chi connectivity index (χ3v) is 8.41. The molecule has 5 rings (SSSR count). The van der Waals surface area contributed by atoms with Crippen LogP contribution in [0.4, 0.5) is 10.1 Å². The van der Waals surface area contributed by atoms with Gasteiger partial charge in [-0.25, -0.2) is 4.39 Å². The van der Waals surface area contributed by atoms with Crippen LogP contribution in [0.1, 0.15) is 54.2 Å². The standard InChI is InChI=1S/C32H35BrFN3O5/c1-32(2)30(40)29(22-17-20(33)13-14-26(22)42-32)35-18-25(38)23(16-19-8-4-3-5-9-19)36-31(41)21-10-6-11-24(28(21)34)37-15-7-12-27(37)39/h3-6,8-11,13-14,17,23,25,29-30,35,38,40H,7,12,15-16,18H2,1-2H3,(H,36,41)/t23-,25-,29+,30-/m0/s1. The fourth-order valence-electron chi connectivity index (χ4n) is 5.59. The van der Waals surface area contributed by atoms with E-state index in [1.807, 2.05) is 48.5 Å². The first-order chi connectivity index (χ1) is 20.0. The minimum Gasteiger partial charge on any atom is -0.485 e. The summed E-state index contributed by atoms with van der Waals surface area (Å²) >= 11 is 3.48. The lowest BCUT2D eigenvalue weighted by atomic mass is 9.86. The predicted molar refractivity (Wildman–Crippen MR) is 161 cm³/mol. The Hall–Kier alpha value is -3.31. The van der Waals surface area contributed by atoms with Crippen molar-refractivity contribution in [1.29, 1.82) is 0 Å². The second kappa shape index (κ2) is 12.5. The van der Waals surface area contributed by atoms with Gasteiger partial charge in [0, 0.05) is 29.5 Å². The molecule has 10 heteroatoms. The zero-order valence-electron chi connectivity index (χ0n) is 23.5. The topological polar surface area (TPSA) is 111 Å². The number of rotatable bonds is 9. The maximum absolute atomic E-state index is 15.5. The van der Waals surface area contributed by atoms with Crippen molar-refractivity contribution in [1.82, 2.24) is 10.6 Å². The molecule has 1 fully saturated rings. The minimum atomic E-state index is -1.10. The van der Waals surface area contributed by atoms with Gasteiger partial charge in [-0.1, -0.05) is 52.3 Å². The molecule has 2 aliphatic heterocycles. The third-order valence-electron chi connectivity index (χ3n) is 7.92. The molecule has 0 aromatic heterocycles. The van der Waals surface area contributed by atoms with Crippen molar-refractivity contribution in [2.24, 2.45) is 0 Å². The van der Waals surface area contributed by atoms with Crippen molar-refractivity contribution < 1.29 is 28.9 Å². The fourth-order valence-corrected chi connectivity index (χ4v) is 5.96. The molecule has 0 bridgehead atoms. The Morgan fingerprint density at radius 2 is 1.93 bits per heavy atom. The molecule has 2 amide bonds. The normalized spacial score (nSPS) is 20.9. The van der Waals surface area contributed by atoms with E-state index in [4.69, 9.17) is 4.74 Å². The van der Waals surface area contributed by atoms with Crippen LogP contribution in [0, 0.1) is 5.82 Å². The van der Waals surface area contributed by atoms with Crippen LogP contribution in [-0.4, -0.2) is 59.0 Å². The molecule has 3 aromatic carbocycles. The maximum atomic E-state index is 15.5. The molecule has 2 heterocycles. The Kier molecular flexibility index (Phi) is 8.98. The fraction of sp³-hybridized carbons (Fsp3) is 0.375. The van der Waals surface area contributed by atoms with Crippen LogP contribution in [0.15, 0.2) is 71.2 Å². The molecule has 222 valence electrons. The van der Waals surface area contributed by atoms with Gasteiger partial charge in [0.15, 0.2) is 5.82 Å². The van der Waals surface area contributed by atoms with Gasteiger partial charge >= 0.3 is 0 Å². The number of nitrogens with zero attached hydrogens (tertiary/aromatic N) is 1. The number of benzene rings is 3. The van der Waals surface area contributed by atoms with E-state index in [1.165, 1.54) is 17.0 Å². The van der Waals surface area contributed by atoms with Crippen molar-refractivity contribution in [3.63, 3.8) is 0 Å². The summed E-state index contributed by atoms with van der Waals surface area (Å²) in [7, 11) is 0. The van der Waals surface area contributed by atoms with Crippen molar-refractivity contribution in [2.45, 2.75) is 63.0 Å². The summed E-state index contributed by atoms with van der Waals surface area (Å²) in [6.45, 7) is 4.01. The summed E-state index contributed by atoms with van der Waals surface area (Å²) in [6, 6.07) is 18.0. The van der Waals surface area contributed by atoms with Gasteiger partial charge in [-0.2, -0.15) is 0 Å². The lowest BCUT2D eigenvalue weighted by Gasteiger charge is -2.43. The van der Waals surface area contributed by atoms with Crippen molar-refractivity contribution in [3.05, 3.63) is 93.7 Å². The summed E-state index contributed by atoms with van der Waals surface area (Å²) in [5.74, 6) is -1.02. The molecule has 4 atom stereocenters. The van der Waals surface area contributed by atoms with E-state index in [0.29, 0.717) is 25.1 Å². The van der Waals surface area contributed by atoms with E-state index in [2.05, 4.69) is 26.6 Å². The second-order valence-corrected chi connectivity index (χ2v) is 12.3. The number of anilines is 1. The highest BCUT2D eigenvalue weighted by atomic mass is 79.9. The molecular formula is C32H35BrFN3O5. The first-order valence-electron chi connectivity index (χ1n) is 14.1. The summed E-state index contributed by atoms with van der Waals surface area (Å²) in [5.41, 5.74) is 0.599. The molecular weight excluding hydrogens is 605 g/mol. The van der Waals surface area contributed by atoms with Gasteiger partial charge in [-0.15, -0.1) is 0 Å². The summed E-state index contributed by atoms with van der Waals surface area (Å²) in [6.07, 6.45) is -0.777. The third kappa shape index (κ3) is 6.36. The summed E-state index contributed by atoms with van der Waals surface area (Å²) < 4.78 is 22.4. The minimum absolute atomic E-state index is 0.0202. The largest absolute Gasteiger partial charge is 0.485 e. The van der Waals surface area contributed by atoms with E-state index in [9.17, 15) is 19.8 Å². The molecule has 0 aliphatic carbocycles. The molecule has 42 heavy (non-hydrogen) atoms. The Morgan fingerprint density at radius 1 is 1.17 bits per heavy atom. The number of halogens is 2. The van der Waals surface area contributed by atoms with Crippen LogP contribution in [0.3, 0.4) is 0 Å². The zero-order valence-corrected chi connectivity index (χ0v) is 25.1. The molecule has 8 nitrogen and oxygen atoms in total. The number of aliphatic hydroxyl groups excluding tert-OH is 2. The van der Waals surface area contributed by atoms with Crippen molar-refractivity contribution in [3.8, 4) is 5.75 Å². The number of nitrogens with one attached hydrogen (secondary N) is 2. The average Bonchev–Trinajstić information content (AvgIpc) is 3.39. The molecule has 0 radical (unpaired) electrons. The Balaban J connectivity index is 1.37. The molecule has 1 saturated heterocycles. The number of hydrogen-bond donors (Lipinski definition) is 4. The van der Waals surface area contributed by atoms with Crippen LogP contribution < -0.4 is 20.3 Å². The number of carbonyl (C=O) groups is 2. The van der Waals surface area contributed by atoms with Crippen LogP contribution in [0.5, 0.6) is 5.75 Å². The highest BCUT2D eigenvalue weighted by Crippen LogP contribution is 2.41. The van der Waals surface area contributed by atoms with E-state index in [1.54, 1.807) is 19.9 Å². The number of carbonyl (C=O) groups excluding carboxylic acids is 2. The summed E-state index contributed by atoms with van der Waals surface area (Å²) in [5, 5.41) is 28.7. The number of ether oxygens (including phenoxy) is 1. The lowest BCUT2D eigenvalue weighted by molar-refractivity contribution is -0.117. The predicted octanol–water partition coefficient (Wildman–Crippen LogP) is 4.28. The van der Waals surface area contributed by atoms with Crippen LogP contribution >= 0.6 is 15.9 Å². The number of fused-ring (bicyclic) bond motifs is 1. The first kappa shape index (κ1) is 30.2. The van der Waals surface area contributed by atoms with Gasteiger partial charge in [-0.05, 0) is 62.6 Å². The summed E-state index contributed by atoms with van der Waals surface area (Å²) in [4.78, 5) is 27.0. The monoisotopic (exact) mass is 639 g/mol. The van der Waals surface area contributed by atoms with Gasteiger partial charge in [0.1, 0.15) is 17.5 Å². The SMILES string of the molecule is CC1(C)Oc2ccc(Br)cc2[C@@H](NC[C@H](O)[C@H](Cc2ccccc2)NC(=O)c2cccc(N3CCCC3=O)c2F)[C@@H]1O. The average molecular weight is 641 g/mol. The molecule has 0 saturated carbocycles. The maximum Gasteiger partial charge on any atom is 0.254 e. The molecule has 0 spiro atoms. The number of aliphatic hydroxyl groups is 2. The van der Waals surface area contributed by atoms with Crippen molar-refractivity contribution >= 4 is 33.4 Å². The van der Waals surface area contributed by atoms with Gasteiger partial charge in [0.05, 0.1) is 29.4 Å². The lowest BCUT2D eigenvalue weighted by Crippen LogP contribution is -2.55. The van der Waals surface area contributed by atoms with E-state index >= 15 is 4.39 Å². The van der Waals surface area contributed by atoms with E-state index < -0.39 is 41.6 Å². The smallest absolute Gasteiger partial charge is 0.254 e. The van der Waals surface area contributed by atoms with Gasteiger partial charge in [0.2, 0.25) is 5.91 Å². The van der Waals surface area contributed by atoms with E-state index in [-0.39, 0.29) is 30.1 Å². The van der Waals surface area contributed by atoms with Gasteiger partial charge in [0.25, 0.3) is 5.91 Å². The van der Waals surface area contributed by atoms with Crippen molar-refractivity contribution in [2.75, 3.05) is 18.0 Å². The van der Waals surface area contributed by atoms with Gasteiger partial charge in [-0.3, -0.25) is 9.59 Å². The number of hydrogen-bond acceptors (Lipinski definition) is 6. The molecule has 4 N–H and O–H groups in total. The molecule has 0 unspecified atom stereocenters. The van der Waals surface area contributed by atoms with Gasteiger partial charge < -0.3 is 30.5 Å². The van der Waals surface area contributed by atoms with E-state index in [0.717, 1.165) is 15.6 Å². The Labute approximate surface area is 253 Å². The quantitative estimate of drug-likeness (QED) is 0.278. The Bertz CT molecular complexity index is 1450. The molecule has 3 aromatic rings. The van der Waals surface area contributed by atoms with Crippen LogP contribution in [0.2, 0.25) is 0 Å². The second-order valence-electron chi connectivity index (χ2n) is 11.3. The highest BCUT2D eigenvalue weighted by molar-refractivity contribution is 9.10. The number of amides is 2. The molecule has 2 aliphatic rings. The Morgan fingerprint density at radius 3 is 2.64 bits per heavy atom. The highest BCUT2D eigenvalue weighted by Gasteiger charge is 2.43.